The van der Waals surface area contributed by atoms with E-state index in [1.807, 2.05) is 38.1 Å². The van der Waals surface area contributed by atoms with Crippen LogP contribution in [0.5, 0.6) is 5.75 Å². The van der Waals surface area contributed by atoms with E-state index in [-0.39, 0.29) is 12.3 Å². The van der Waals surface area contributed by atoms with E-state index in [1.54, 1.807) is 35.9 Å². The Hall–Kier alpha value is -3.29. The van der Waals surface area contributed by atoms with Gasteiger partial charge in [0.1, 0.15) is 18.1 Å². The molecule has 0 spiro atoms. The molecule has 0 aliphatic heterocycles. The van der Waals surface area contributed by atoms with E-state index >= 15 is 0 Å². The van der Waals surface area contributed by atoms with Crippen molar-refractivity contribution in [1.82, 2.24) is 14.9 Å². The van der Waals surface area contributed by atoms with Gasteiger partial charge in [-0.25, -0.2) is 0 Å². The van der Waals surface area contributed by atoms with Gasteiger partial charge in [-0.05, 0) is 45.0 Å². The van der Waals surface area contributed by atoms with Crippen LogP contribution in [0.1, 0.15) is 38.6 Å². The van der Waals surface area contributed by atoms with Gasteiger partial charge in [-0.2, -0.15) is 5.10 Å². The quantitative estimate of drug-likeness (QED) is 0.348. The average molecular weight is 485 g/mol. The molecule has 2 aromatic carbocycles. The molecule has 33 heavy (non-hydrogen) atoms. The number of hydrogen-bond acceptors (Lipinski definition) is 5. The molecular weight excluding hydrogens is 463 g/mol. The number of amides is 1. The van der Waals surface area contributed by atoms with E-state index in [0.717, 1.165) is 16.8 Å². The Morgan fingerprint density at radius 1 is 1.06 bits per heavy atom. The molecule has 1 amide bonds. The van der Waals surface area contributed by atoms with Crippen molar-refractivity contribution in [1.29, 1.82) is 0 Å². The SMILES string of the molecule is Cc1ccc(OCc2c(C(=O)Nc3cc(C)n(Cc4c(Cl)cccc4Cl)n3)noc2C)cc1. The minimum absolute atomic E-state index is 0.152. The molecule has 0 bridgehead atoms. The average Bonchev–Trinajstić information content (AvgIpc) is 3.32. The van der Waals surface area contributed by atoms with Crippen LogP contribution in [0, 0.1) is 20.8 Å². The van der Waals surface area contributed by atoms with Crippen molar-refractivity contribution < 1.29 is 14.1 Å². The highest BCUT2D eigenvalue weighted by Crippen LogP contribution is 2.26. The summed E-state index contributed by atoms with van der Waals surface area (Å²) in [6.07, 6.45) is 0. The molecule has 0 fully saturated rings. The first-order valence-corrected chi connectivity index (χ1v) is 11.0. The number of rotatable bonds is 7. The highest BCUT2D eigenvalue weighted by molar-refractivity contribution is 6.35. The molecule has 4 rings (SSSR count). The Labute approximate surface area is 201 Å². The first kappa shape index (κ1) is 22.9. The standard InChI is InChI=1S/C24H22Cl2N4O3/c1-14-7-9-17(10-8-14)32-13-19-16(3)33-29-23(19)24(31)27-22-11-15(2)30(28-22)12-18-20(25)5-4-6-21(18)26/h4-11H,12-13H2,1-3H3,(H,27,28,31). The number of ether oxygens (including phenoxy) is 1. The van der Waals surface area contributed by atoms with E-state index in [0.29, 0.717) is 39.5 Å². The van der Waals surface area contributed by atoms with E-state index in [1.165, 1.54) is 0 Å². The zero-order valence-electron chi connectivity index (χ0n) is 18.4. The molecule has 0 radical (unpaired) electrons. The third-order valence-electron chi connectivity index (χ3n) is 5.20. The maximum absolute atomic E-state index is 12.9. The molecule has 0 unspecified atom stereocenters. The van der Waals surface area contributed by atoms with Crippen molar-refractivity contribution in [2.75, 3.05) is 5.32 Å². The van der Waals surface area contributed by atoms with Gasteiger partial charge in [0.25, 0.3) is 5.91 Å². The van der Waals surface area contributed by atoms with Crippen molar-refractivity contribution in [3.8, 4) is 5.75 Å². The monoisotopic (exact) mass is 484 g/mol. The number of hydrogen-bond donors (Lipinski definition) is 1. The summed E-state index contributed by atoms with van der Waals surface area (Å²) in [5.41, 5.74) is 3.45. The first-order valence-electron chi connectivity index (χ1n) is 10.2. The molecule has 0 aliphatic rings. The largest absolute Gasteiger partial charge is 0.489 e. The Morgan fingerprint density at radius 3 is 2.45 bits per heavy atom. The lowest BCUT2D eigenvalue weighted by atomic mass is 10.2. The Kier molecular flexibility index (Phi) is 6.72. The number of halogens is 2. The van der Waals surface area contributed by atoms with E-state index in [9.17, 15) is 4.79 Å². The predicted octanol–water partition coefficient (Wildman–Crippen LogP) is 5.98. The summed E-state index contributed by atoms with van der Waals surface area (Å²) in [6.45, 7) is 6.15. The number of aromatic nitrogens is 3. The summed E-state index contributed by atoms with van der Waals surface area (Å²) >= 11 is 12.6. The Morgan fingerprint density at radius 2 is 1.76 bits per heavy atom. The van der Waals surface area contributed by atoms with Crippen LogP contribution in [-0.4, -0.2) is 20.8 Å². The fourth-order valence-corrected chi connectivity index (χ4v) is 3.79. The molecule has 0 atom stereocenters. The number of anilines is 1. The highest BCUT2D eigenvalue weighted by Gasteiger charge is 2.22. The third kappa shape index (κ3) is 5.21. The second-order valence-corrected chi connectivity index (χ2v) is 8.46. The molecule has 0 aliphatic carbocycles. The van der Waals surface area contributed by atoms with Gasteiger partial charge < -0.3 is 14.6 Å². The van der Waals surface area contributed by atoms with Crippen molar-refractivity contribution >= 4 is 34.9 Å². The number of nitrogens with zero attached hydrogens (tertiary/aromatic N) is 3. The molecule has 7 nitrogen and oxygen atoms in total. The predicted molar refractivity (Wildman–Crippen MR) is 127 cm³/mol. The molecule has 4 aromatic rings. The minimum Gasteiger partial charge on any atom is -0.489 e. The fraction of sp³-hybridized carbons (Fsp3) is 0.208. The van der Waals surface area contributed by atoms with Gasteiger partial charge in [-0.3, -0.25) is 9.48 Å². The van der Waals surface area contributed by atoms with Crippen molar-refractivity contribution in [3.63, 3.8) is 0 Å². The highest BCUT2D eigenvalue weighted by atomic mass is 35.5. The summed E-state index contributed by atoms with van der Waals surface area (Å²) in [4.78, 5) is 12.9. The van der Waals surface area contributed by atoms with Crippen molar-refractivity contribution in [2.45, 2.75) is 33.9 Å². The zero-order valence-corrected chi connectivity index (χ0v) is 19.9. The number of carbonyl (C=O) groups is 1. The number of carbonyl (C=O) groups excluding carboxylic acids is 1. The van der Waals surface area contributed by atoms with Crippen LogP contribution in [-0.2, 0) is 13.2 Å². The second kappa shape index (κ2) is 9.68. The molecule has 0 saturated heterocycles. The Balaban J connectivity index is 1.48. The summed E-state index contributed by atoms with van der Waals surface area (Å²) in [6, 6.07) is 14.8. The molecule has 9 heteroatoms. The van der Waals surface area contributed by atoms with E-state index in [2.05, 4.69) is 15.6 Å². The van der Waals surface area contributed by atoms with Crippen LogP contribution < -0.4 is 10.1 Å². The zero-order chi connectivity index (χ0) is 23.5. The van der Waals surface area contributed by atoms with Crippen LogP contribution in [0.4, 0.5) is 5.82 Å². The summed E-state index contributed by atoms with van der Waals surface area (Å²) < 4.78 is 12.8. The number of nitrogens with one attached hydrogen (secondary N) is 1. The Bertz CT molecular complexity index is 1280. The second-order valence-electron chi connectivity index (χ2n) is 7.65. The van der Waals surface area contributed by atoms with Crippen molar-refractivity contribution in [2.24, 2.45) is 0 Å². The normalized spacial score (nSPS) is 10.9. The molecule has 1 N–H and O–H groups in total. The summed E-state index contributed by atoms with van der Waals surface area (Å²) in [5.74, 6) is 1.16. The lowest BCUT2D eigenvalue weighted by Crippen LogP contribution is -2.16. The van der Waals surface area contributed by atoms with Crippen LogP contribution in [0.15, 0.2) is 53.1 Å². The third-order valence-corrected chi connectivity index (χ3v) is 5.90. The van der Waals surface area contributed by atoms with Gasteiger partial charge in [0, 0.05) is 27.4 Å². The van der Waals surface area contributed by atoms with E-state index in [4.69, 9.17) is 32.5 Å². The summed E-state index contributed by atoms with van der Waals surface area (Å²) in [7, 11) is 0. The van der Waals surface area contributed by atoms with Crippen molar-refractivity contribution in [3.05, 3.63) is 92.4 Å². The minimum atomic E-state index is -0.435. The maximum Gasteiger partial charge on any atom is 0.279 e. The fourth-order valence-electron chi connectivity index (χ4n) is 3.27. The van der Waals surface area contributed by atoms with Gasteiger partial charge in [0.2, 0.25) is 0 Å². The lowest BCUT2D eigenvalue weighted by Gasteiger charge is -2.08. The number of benzene rings is 2. The van der Waals surface area contributed by atoms with E-state index < -0.39 is 5.91 Å². The van der Waals surface area contributed by atoms with Gasteiger partial charge in [-0.15, -0.1) is 0 Å². The van der Waals surface area contributed by atoms with Gasteiger partial charge in [0.15, 0.2) is 11.5 Å². The maximum atomic E-state index is 12.9. The van der Waals surface area contributed by atoms with Crippen LogP contribution in [0.25, 0.3) is 0 Å². The number of aryl methyl sites for hydroxylation is 3. The molecule has 0 saturated carbocycles. The topological polar surface area (TPSA) is 82.2 Å². The summed E-state index contributed by atoms with van der Waals surface area (Å²) in [5, 5.41) is 12.3. The molecular formula is C24H22Cl2N4O3. The smallest absolute Gasteiger partial charge is 0.279 e. The molecule has 170 valence electrons. The first-order chi connectivity index (χ1) is 15.8. The van der Waals surface area contributed by atoms with Crippen LogP contribution in [0.3, 0.4) is 0 Å². The lowest BCUT2D eigenvalue weighted by molar-refractivity contribution is 0.101. The van der Waals surface area contributed by atoms with Crippen LogP contribution in [0.2, 0.25) is 10.0 Å². The van der Waals surface area contributed by atoms with Gasteiger partial charge in [-0.1, -0.05) is 52.1 Å². The molecule has 2 aromatic heterocycles. The van der Waals surface area contributed by atoms with Gasteiger partial charge in [0.05, 0.1) is 12.1 Å². The molecule has 2 heterocycles. The van der Waals surface area contributed by atoms with Gasteiger partial charge >= 0.3 is 0 Å². The van der Waals surface area contributed by atoms with Crippen LogP contribution >= 0.6 is 23.2 Å².